The fourth-order valence-corrected chi connectivity index (χ4v) is 4.84. The maximum absolute atomic E-state index is 12.9. The predicted octanol–water partition coefficient (Wildman–Crippen LogP) is 4.13. The van der Waals surface area contributed by atoms with Crippen molar-refractivity contribution in [1.29, 1.82) is 0 Å². The molecule has 0 bridgehead atoms. The second kappa shape index (κ2) is 6.85. The molecule has 2 aromatic rings. The number of rotatable bonds is 5. The molecule has 2 rings (SSSR count). The van der Waals surface area contributed by atoms with Crippen molar-refractivity contribution in [3.05, 3.63) is 59.2 Å². The van der Waals surface area contributed by atoms with Gasteiger partial charge in [-0.2, -0.15) is 0 Å². The summed E-state index contributed by atoms with van der Waals surface area (Å²) in [5.41, 5.74) is 2.81. The van der Waals surface area contributed by atoms with Gasteiger partial charge in [-0.15, -0.1) is 0 Å². The van der Waals surface area contributed by atoms with E-state index in [9.17, 15) is 4.79 Å². The Labute approximate surface area is 142 Å². The van der Waals surface area contributed by atoms with Crippen LogP contribution >= 0.6 is 0 Å². The van der Waals surface area contributed by atoms with E-state index in [1.54, 1.807) is 0 Å². The number of hydrogen-bond donors (Lipinski definition) is 0. The minimum Gasteiger partial charge on any atom is -0.544 e. The van der Waals surface area contributed by atoms with Crippen LogP contribution in [-0.2, 0) is 0 Å². The number of ketones is 1. The van der Waals surface area contributed by atoms with Crippen LogP contribution < -0.4 is 9.61 Å². The van der Waals surface area contributed by atoms with Crippen LogP contribution in [0.1, 0.15) is 21.5 Å². The SMILES string of the molecule is Cc1ccc(C(=O)c2ccc(O[Si](C)(C)C)cc2)c([SiH](C)C)c1. The molecule has 0 saturated heterocycles. The molecular weight excluding hydrogens is 316 g/mol. The van der Waals surface area contributed by atoms with Crippen LogP contribution in [0.3, 0.4) is 0 Å². The van der Waals surface area contributed by atoms with Crippen LogP contribution in [0, 0.1) is 6.92 Å². The molecule has 0 radical (unpaired) electrons. The number of hydrogen-bond acceptors (Lipinski definition) is 2. The zero-order valence-electron chi connectivity index (χ0n) is 14.9. The second-order valence-electron chi connectivity index (χ2n) is 7.31. The molecular formula is C19H26O2Si2. The Hall–Kier alpha value is -1.66. The first-order chi connectivity index (χ1) is 10.7. The van der Waals surface area contributed by atoms with E-state index < -0.39 is 17.1 Å². The summed E-state index contributed by atoms with van der Waals surface area (Å²) >= 11 is 0. The van der Waals surface area contributed by atoms with Crippen LogP contribution in [-0.4, -0.2) is 22.9 Å². The molecule has 0 aromatic heterocycles. The topological polar surface area (TPSA) is 26.3 Å². The molecule has 0 aliphatic heterocycles. The van der Waals surface area contributed by atoms with Gasteiger partial charge in [-0.3, -0.25) is 4.79 Å². The molecule has 122 valence electrons. The van der Waals surface area contributed by atoms with E-state index in [0.29, 0.717) is 0 Å². The van der Waals surface area contributed by atoms with Crippen LogP contribution in [0.4, 0.5) is 0 Å². The number of aryl methyl sites for hydroxylation is 1. The number of carbonyl (C=O) groups is 1. The third-order valence-corrected chi connectivity index (χ3v) is 6.18. The van der Waals surface area contributed by atoms with Gasteiger partial charge >= 0.3 is 0 Å². The van der Waals surface area contributed by atoms with Gasteiger partial charge in [0.2, 0.25) is 8.32 Å². The zero-order chi connectivity index (χ0) is 17.2. The molecule has 4 heteroatoms. The second-order valence-corrected chi connectivity index (χ2v) is 14.7. The highest BCUT2D eigenvalue weighted by Gasteiger charge is 2.18. The molecule has 0 aliphatic carbocycles. The van der Waals surface area contributed by atoms with Gasteiger partial charge in [-0.05, 0) is 50.8 Å². The van der Waals surface area contributed by atoms with Gasteiger partial charge < -0.3 is 4.43 Å². The first kappa shape index (κ1) is 17.7. The monoisotopic (exact) mass is 342 g/mol. The lowest BCUT2D eigenvalue weighted by Gasteiger charge is -2.19. The summed E-state index contributed by atoms with van der Waals surface area (Å²) in [6.07, 6.45) is 0. The highest BCUT2D eigenvalue weighted by molar-refractivity contribution is 6.72. The summed E-state index contributed by atoms with van der Waals surface area (Å²) in [5, 5.41) is 1.25. The third-order valence-electron chi connectivity index (χ3n) is 3.61. The van der Waals surface area contributed by atoms with Crippen molar-refractivity contribution in [3.8, 4) is 5.75 Å². The van der Waals surface area contributed by atoms with Gasteiger partial charge in [-0.25, -0.2) is 0 Å². The average Bonchev–Trinajstić information content (AvgIpc) is 2.45. The van der Waals surface area contributed by atoms with E-state index in [2.05, 4.69) is 45.7 Å². The smallest absolute Gasteiger partial charge is 0.242 e. The Morgan fingerprint density at radius 2 is 1.61 bits per heavy atom. The summed E-state index contributed by atoms with van der Waals surface area (Å²) in [7, 11) is -2.67. The van der Waals surface area contributed by atoms with Crippen molar-refractivity contribution >= 4 is 28.1 Å². The molecule has 0 heterocycles. The largest absolute Gasteiger partial charge is 0.544 e. The van der Waals surface area contributed by atoms with Gasteiger partial charge in [-0.1, -0.05) is 42.0 Å². The minimum atomic E-state index is -1.62. The Balaban J connectivity index is 2.31. The molecule has 2 nitrogen and oxygen atoms in total. The highest BCUT2D eigenvalue weighted by atomic mass is 28.4. The lowest BCUT2D eigenvalue weighted by Crippen LogP contribution is -2.30. The van der Waals surface area contributed by atoms with Crippen molar-refractivity contribution in [2.45, 2.75) is 39.7 Å². The summed E-state index contributed by atoms with van der Waals surface area (Å²) in [4.78, 5) is 12.9. The molecule has 0 N–H and O–H groups in total. The third kappa shape index (κ3) is 4.66. The first-order valence-electron chi connectivity index (χ1n) is 8.12. The van der Waals surface area contributed by atoms with Crippen LogP contribution in [0.2, 0.25) is 32.7 Å². The van der Waals surface area contributed by atoms with Crippen LogP contribution in [0.15, 0.2) is 42.5 Å². The molecule has 0 unspecified atom stereocenters. The van der Waals surface area contributed by atoms with Crippen LogP contribution in [0.5, 0.6) is 5.75 Å². The Morgan fingerprint density at radius 3 is 2.13 bits per heavy atom. The van der Waals surface area contributed by atoms with Crippen molar-refractivity contribution < 1.29 is 9.22 Å². The van der Waals surface area contributed by atoms with Gasteiger partial charge in [0.1, 0.15) is 5.75 Å². The molecule has 0 amide bonds. The van der Waals surface area contributed by atoms with Crippen molar-refractivity contribution in [1.82, 2.24) is 0 Å². The molecule has 0 saturated carbocycles. The maximum Gasteiger partial charge on any atom is 0.242 e. The number of carbonyl (C=O) groups excluding carboxylic acids is 1. The molecule has 2 aromatic carbocycles. The van der Waals surface area contributed by atoms with E-state index in [1.165, 1.54) is 10.8 Å². The number of benzene rings is 2. The van der Waals surface area contributed by atoms with Gasteiger partial charge in [0.15, 0.2) is 5.78 Å². The standard InChI is InChI=1S/C19H26O2Si2/c1-14-7-12-17(18(13-14)22(2)3)19(20)15-8-10-16(11-9-15)21-23(4,5)6/h7-13,22H,1-6H3. The normalized spacial score (nSPS) is 11.6. The average molecular weight is 343 g/mol. The summed E-state index contributed by atoms with van der Waals surface area (Å²) in [6, 6.07) is 13.8. The molecule has 0 aliphatic rings. The molecule has 0 fully saturated rings. The van der Waals surface area contributed by atoms with E-state index in [0.717, 1.165) is 16.9 Å². The van der Waals surface area contributed by atoms with Crippen molar-refractivity contribution in [2.75, 3.05) is 0 Å². The van der Waals surface area contributed by atoms with E-state index in [1.807, 2.05) is 36.4 Å². The predicted molar refractivity (Wildman–Crippen MR) is 104 cm³/mol. The summed E-state index contributed by atoms with van der Waals surface area (Å²) in [5.74, 6) is 0.962. The van der Waals surface area contributed by atoms with Gasteiger partial charge in [0, 0.05) is 11.1 Å². The van der Waals surface area contributed by atoms with Crippen molar-refractivity contribution in [2.24, 2.45) is 0 Å². The fourth-order valence-electron chi connectivity index (χ4n) is 2.55. The Kier molecular flexibility index (Phi) is 5.27. The maximum atomic E-state index is 12.9. The lowest BCUT2D eigenvalue weighted by atomic mass is 10.0. The molecule has 0 atom stereocenters. The van der Waals surface area contributed by atoms with Gasteiger partial charge in [0.25, 0.3) is 0 Å². The summed E-state index contributed by atoms with van der Waals surface area (Å²) < 4.78 is 5.95. The first-order valence-corrected chi connectivity index (χ1v) is 14.4. The molecule has 23 heavy (non-hydrogen) atoms. The minimum absolute atomic E-state index is 0.112. The quantitative estimate of drug-likeness (QED) is 0.603. The summed E-state index contributed by atoms with van der Waals surface area (Å²) in [6.45, 7) is 13.1. The van der Waals surface area contributed by atoms with E-state index >= 15 is 0 Å². The van der Waals surface area contributed by atoms with Crippen LogP contribution in [0.25, 0.3) is 0 Å². The molecule has 0 spiro atoms. The van der Waals surface area contributed by atoms with Gasteiger partial charge in [0.05, 0.1) is 8.80 Å². The lowest BCUT2D eigenvalue weighted by molar-refractivity contribution is 0.104. The van der Waals surface area contributed by atoms with E-state index in [4.69, 9.17) is 4.43 Å². The zero-order valence-corrected chi connectivity index (χ0v) is 17.1. The fraction of sp³-hybridized carbons (Fsp3) is 0.316. The Morgan fingerprint density at radius 1 is 1.00 bits per heavy atom. The highest BCUT2D eigenvalue weighted by Crippen LogP contribution is 2.19. The van der Waals surface area contributed by atoms with Crippen molar-refractivity contribution in [3.63, 3.8) is 0 Å². The van der Waals surface area contributed by atoms with E-state index in [-0.39, 0.29) is 5.78 Å². The Bertz CT molecular complexity index is 698.